The van der Waals surface area contributed by atoms with E-state index in [1.165, 1.54) is 31.4 Å². The highest BCUT2D eigenvalue weighted by molar-refractivity contribution is 7.90. The highest BCUT2D eigenvalue weighted by atomic mass is 32.2. The molecule has 8 nitrogen and oxygen atoms in total. The van der Waals surface area contributed by atoms with Crippen LogP contribution >= 0.6 is 0 Å². The molecule has 2 aromatic rings. The van der Waals surface area contributed by atoms with Crippen LogP contribution in [0.15, 0.2) is 53.4 Å². The van der Waals surface area contributed by atoms with E-state index in [-0.39, 0.29) is 47.7 Å². The molecule has 0 fully saturated rings. The number of carbonyl (C=O) groups excluding carboxylic acids is 4. The Kier molecular flexibility index (Phi) is 8.21. The molecule has 9 heteroatoms. The lowest BCUT2D eigenvalue weighted by Crippen LogP contribution is -2.15. The summed E-state index contributed by atoms with van der Waals surface area (Å²) in [5, 5.41) is 0. The first-order chi connectivity index (χ1) is 14.6. The van der Waals surface area contributed by atoms with E-state index >= 15 is 0 Å². The first-order valence-corrected chi connectivity index (χ1v) is 11.2. The Bertz CT molecular complexity index is 1070. The number of methoxy groups -OCH3 is 1. The molecule has 0 heterocycles. The number of ether oxygens (including phenoxy) is 2. The van der Waals surface area contributed by atoms with E-state index in [1.807, 2.05) is 0 Å². The molecule has 0 aliphatic carbocycles. The largest absolute Gasteiger partial charge is 0.497 e. The summed E-state index contributed by atoms with van der Waals surface area (Å²) in [4.78, 5) is 47.8. The molecular weight excluding hydrogens is 424 g/mol. The van der Waals surface area contributed by atoms with Crippen molar-refractivity contribution in [2.45, 2.75) is 30.6 Å². The van der Waals surface area contributed by atoms with Crippen molar-refractivity contribution in [1.82, 2.24) is 0 Å². The zero-order chi connectivity index (χ0) is 23.0. The van der Waals surface area contributed by atoms with Crippen LogP contribution in [0.5, 0.6) is 5.75 Å². The molecule has 2 aromatic carbocycles. The summed E-state index contributed by atoms with van der Waals surface area (Å²) >= 11 is 0. The van der Waals surface area contributed by atoms with Gasteiger partial charge in [0, 0.05) is 30.2 Å². The summed E-state index contributed by atoms with van der Waals surface area (Å²) in [6, 6.07) is 11.7. The number of ketones is 2. The van der Waals surface area contributed by atoms with Crippen molar-refractivity contribution in [3.05, 3.63) is 59.7 Å². The van der Waals surface area contributed by atoms with Gasteiger partial charge in [0.15, 0.2) is 21.4 Å². The lowest BCUT2D eigenvalue weighted by molar-refractivity contribution is -0.159. The van der Waals surface area contributed by atoms with Gasteiger partial charge >= 0.3 is 11.9 Å². The van der Waals surface area contributed by atoms with Gasteiger partial charge in [-0.15, -0.1) is 0 Å². The van der Waals surface area contributed by atoms with E-state index in [0.717, 1.165) is 6.26 Å². The third-order valence-electron chi connectivity index (χ3n) is 4.36. The van der Waals surface area contributed by atoms with E-state index in [1.54, 1.807) is 24.3 Å². The lowest BCUT2D eigenvalue weighted by Gasteiger charge is -2.05. The molecule has 164 valence electrons. The topological polar surface area (TPSA) is 121 Å². The second kappa shape index (κ2) is 10.6. The SMILES string of the molecule is COc1ccc(C(=O)CCC(=O)OC(=O)CCC(=O)c2ccc(S(C)(=O)=O)cc2)cc1. The number of Topliss-reactive ketones (excluding diaryl/α,β-unsaturated/α-hetero) is 2. The van der Waals surface area contributed by atoms with Crippen LogP contribution in [-0.2, 0) is 24.2 Å². The lowest BCUT2D eigenvalue weighted by atomic mass is 10.1. The van der Waals surface area contributed by atoms with E-state index in [0.29, 0.717) is 11.3 Å². The fourth-order valence-electron chi connectivity index (χ4n) is 2.61. The average molecular weight is 446 g/mol. The molecule has 0 amide bonds. The molecule has 0 radical (unpaired) electrons. The Hall–Kier alpha value is -3.33. The summed E-state index contributed by atoms with van der Waals surface area (Å²) in [6.07, 6.45) is 0.156. The summed E-state index contributed by atoms with van der Waals surface area (Å²) < 4.78 is 32.5. The van der Waals surface area contributed by atoms with Crippen molar-refractivity contribution in [3.63, 3.8) is 0 Å². The first kappa shape index (κ1) is 23.9. The van der Waals surface area contributed by atoms with Crippen LogP contribution in [0.25, 0.3) is 0 Å². The average Bonchev–Trinajstić information content (AvgIpc) is 2.75. The van der Waals surface area contributed by atoms with Crippen molar-refractivity contribution < 1.29 is 37.1 Å². The standard InChI is InChI=1S/C22H22O8S/c1-29-17-7-3-15(4-8-17)19(23)11-13-21(25)30-22(26)14-12-20(24)16-5-9-18(10-6-16)31(2,27)28/h3-10H,11-14H2,1-2H3. The first-order valence-electron chi connectivity index (χ1n) is 9.34. The van der Waals surface area contributed by atoms with Crippen molar-refractivity contribution in [1.29, 1.82) is 0 Å². The van der Waals surface area contributed by atoms with Gasteiger partial charge in [-0.25, -0.2) is 8.42 Å². The molecule has 31 heavy (non-hydrogen) atoms. The molecule has 0 spiro atoms. The number of rotatable bonds is 10. The maximum absolute atomic E-state index is 12.1. The summed E-state index contributed by atoms with van der Waals surface area (Å²) in [5.41, 5.74) is 0.657. The molecule has 0 bridgehead atoms. The number of carbonyl (C=O) groups is 4. The minimum absolute atomic E-state index is 0.0817. The maximum atomic E-state index is 12.1. The Morgan fingerprint density at radius 1 is 0.710 bits per heavy atom. The molecule has 0 aliphatic heterocycles. The third-order valence-corrected chi connectivity index (χ3v) is 5.48. The van der Waals surface area contributed by atoms with Crippen molar-refractivity contribution in [3.8, 4) is 5.75 Å². The molecule has 0 N–H and O–H groups in total. The predicted molar refractivity (Wildman–Crippen MR) is 111 cm³/mol. The maximum Gasteiger partial charge on any atom is 0.313 e. The minimum atomic E-state index is -3.37. The Labute approximate surface area is 180 Å². The van der Waals surface area contributed by atoms with Crippen LogP contribution in [0.1, 0.15) is 46.4 Å². The zero-order valence-corrected chi connectivity index (χ0v) is 17.9. The molecule has 0 atom stereocenters. The van der Waals surface area contributed by atoms with E-state index < -0.39 is 21.8 Å². The van der Waals surface area contributed by atoms with E-state index in [9.17, 15) is 27.6 Å². The van der Waals surface area contributed by atoms with Gasteiger partial charge < -0.3 is 9.47 Å². The van der Waals surface area contributed by atoms with Crippen LogP contribution in [-0.4, -0.2) is 45.3 Å². The van der Waals surface area contributed by atoms with Gasteiger partial charge in [0.25, 0.3) is 0 Å². The number of hydrogen-bond acceptors (Lipinski definition) is 8. The minimum Gasteiger partial charge on any atom is -0.497 e. The van der Waals surface area contributed by atoms with Gasteiger partial charge in [-0.2, -0.15) is 0 Å². The summed E-state index contributed by atoms with van der Waals surface area (Å²) in [7, 11) is -1.86. The predicted octanol–water partition coefficient (Wildman–Crippen LogP) is 2.79. The summed E-state index contributed by atoms with van der Waals surface area (Å²) in [5.74, 6) is -1.79. The monoisotopic (exact) mass is 446 g/mol. The number of benzene rings is 2. The molecular formula is C22H22O8S. The van der Waals surface area contributed by atoms with Gasteiger partial charge in [-0.3, -0.25) is 19.2 Å². The van der Waals surface area contributed by atoms with Crippen LogP contribution in [0, 0.1) is 0 Å². The van der Waals surface area contributed by atoms with Gasteiger partial charge in [0.2, 0.25) is 0 Å². The van der Waals surface area contributed by atoms with Crippen molar-refractivity contribution in [2.75, 3.05) is 13.4 Å². The molecule has 0 saturated heterocycles. The van der Waals surface area contributed by atoms with Crippen LogP contribution < -0.4 is 4.74 Å². The van der Waals surface area contributed by atoms with Crippen LogP contribution in [0.2, 0.25) is 0 Å². The number of hydrogen-bond donors (Lipinski definition) is 0. The molecule has 0 unspecified atom stereocenters. The van der Waals surface area contributed by atoms with Crippen molar-refractivity contribution in [2.24, 2.45) is 0 Å². The third kappa shape index (κ3) is 7.45. The van der Waals surface area contributed by atoms with Gasteiger partial charge in [-0.05, 0) is 36.4 Å². The number of esters is 2. The van der Waals surface area contributed by atoms with Crippen LogP contribution in [0.3, 0.4) is 0 Å². The second-order valence-electron chi connectivity index (χ2n) is 6.72. The molecule has 0 aliphatic rings. The number of sulfone groups is 1. The Morgan fingerprint density at radius 3 is 1.52 bits per heavy atom. The van der Waals surface area contributed by atoms with Gasteiger partial charge in [0.05, 0.1) is 24.8 Å². The van der Waals surface area contributed by atoms with E-state index in [4.69, 9.17) is 4.74 Å². The molecule has 0 saturated carbocycles. The zero-order valence-electron chi connectivity index (χ0n) is 17.1. The smallest absolute Gasteiger partial charge is 0.313 e. The van der Waals surface area contributed by atoms with Gasteiger partial charge in [0.1, 0.15) is 5.75 Å². The summed E-state index contributed by atoms with van der Waals surface area (Å²) in [6.45, 7) is 0. The fourth-order valence-corrected chi connectivity index (χ4v) is 3.24. The second-order valence-corrected chi connectivity index (χ2v) is 8.73. The molecule has 2 rings (SSSR count). The Balaban J connectivity index is 1.76. The van der Waals surface area contributed by atoms with Gasteiger partial charge in [-0.1, -0.05) is 12.1 Å². The normalized spacial score (nSPS) is 10.9. The fraction of sp³-hybridized carbons (Fsp3) is 0.273. The van der Waals surface area contributed by atoms with Crippen molar-refractivity contribution >= 4 is 33.3 Å². The quantitative estimate of drug-likeness (QED) is 0.310. The van der Waals surface area contributed by atoms with Crippen LogP contribution in [0.4, 0.5) is 0 Å². The molecule has 0 aromatic heterocycles. The Morgan fingerprint density at radius 2 is 1.13 bits per heavy atom. The highest BCUT2D eigenvalue weighted by Gasteiger charge is 2.16. The highest BCUT2D eigenvalue weighted by Crippen LogP contribution is 2.15. The van der Waals surface area contributed by atoms with E-state index in [2.05, 4.69) is 4.74 Å².